The molecule has 0 saturated heterocycles. The van der Waals surface area contributed by atoms with Gasteiger partial charge in [-0.15, -0.1) is 0 Å². The van der Waals surface area contributed by atoms with E-state index < -0.39 is 11.7 Å². The van der Waals surface area contributed by atoms with Crippen molar-refractivity contribution in [2.24, 2.45) is 0 Å². The Kier molecular flexibility index (Phi) is 3.51. The topological polar surface area (TPSA) is 25.8 Å². The molecule has 2 aromatic rings. The third-order valence-corrected chi connectivity index (χ3v) is 3.89. The highest BCUT2D eigenvalue weighted by molar-refractivity contribution is 9.10. The van der Waals surface area contributed by atoms with Gasteiger partial charge in [0.15, 0.2) is 0 Å². The monoisotopic (exact) mass is 356 g/mol. The quantitative estimate of drug-likeness (QED) is 0.698. The average molecular weight is 357 g/mol. The van der Waals surface area contributed by atoms with Gasteiger partial charge in [0, 0.05) is 11.5 Å². The molecule has 1 fully saturated rings. The second-order valence-corrected chi connectivity index (χ2v) is 6.05. The number of nitrogens with zero attached hydrogens (tertiary/aromatic N) is 2. The standard InChI is InChI=1S/C15H12BrF3N2/c1-8-6-10(15(17,18)19)4-5-11(8)12-7-13(16)21-14(20-12)9-2-3-9/h4-7,9H,2-3H2,1H3. The molecule has 0 unspecified atom stereocenters. The lowest BCUT2D eigenvalue weighted by molar-refractivity contribution is -0.137. The van der Waals surface area contributed by atoms with E-state index >= 15 is 0 Å². The summed E-state index contributed by atoms with van der Waals surface area (Å²) in [4.78, 5) is 8.83. The third-order valence-electron chi connectivity index (χ3n) is 3.48. The van der Waals surface area contributed by atoms with Gasteiger partial charge in [0.25, 0.3) is 0 Å². The van der Waals surface area contributed by atoms with Crippen molar-refractivity contribution in [2.45, 2.75) is 31.9 Å². The molecule has 110 valence electrons. The van der Waals surface area contributed by atoms with Crippen LogP contribution in [0.4, 0.5) is 13.2 Å². The van der Waals surface area contributed by atoms with Crippen molar-refractivity contribution in [3.05, 3.63) is 45.8 Å². The summed E-state index contributed by atoms with van der Waals surface area (Å²) in [5.41, 5.74) is 1.27. The summed E-state index contributed by atoms with van der Waals surface area (Å²) in [5, 5.41) is 0. The van der Waals surface area contributed by atoms with Gasteiger partial charge in [0.2, 0.25) is 0 Å². The Labute approximate surface area is 128 Å². The second kappa shape index (κ2) is 5.09. The maximum absolute atomic E-state index is 12.7. The minimum Gasteiger partial charge on any atom is -0.233 e. The Morgan fingerprint density at radius 1 is 1.14 bits per heavy atom. The fourth-order valence-electron chi connectivity index (χ4n) is 2.22. The highest BCUT2D eigenvalue weighted by atomic mass is 79.9. The van der Waals surface area contributed by atoms with Gasteiger partial charge in [-0.1, -0.05) is 6.07 Å². The molecule has 0 radical (unpaired) electrons. The fourth-order valence-corrected chi connectivity index (χ4v) is 2.62. The van der Waals surface area contributed by atoms with E-state index in [0.717, 1.165) is 30.8 Å². The summed E-state index contributed by atoms with van der Waals surface area (Å²) in [6, 6.07) is 5.46. The number of benzene rings is 1. The highest BCUT2D eigenvalue weighted by Gasteiger charge is 2.31. The molecule has 1 heterocycles. The molecule has 1 aliphatic carbocycles. The second-order valence-electron chi connectivity index (χ2n) is 5.24. The van der Waals surface area contributed by atoms with Gasteiger partial charge in [-0.05, 0) is 59.5 Å². The van der Waals surface area contributed by atoms with E-state index in [2.05, 4.69) is 25.9 Å². The zero-order valence-electron chi connectivity index (χ0n) is 11.2. The van der Waals surface area contributed by atoms with Crippen LogP contribution in [0.25, 0.3) is 11.3 Å². The van der Waals surface area contributed by atoms with Crippen LogP contribution in [0.3, 0.4) is 0 Å². The van der Waals surface area contributed by atoms with Crippen molar-refractivity contribution in [2.75, 3.05) is 0 Å². The van der Waals surface area contributed by atoms with Crippen LogP contribution in [0.5, 0.6) is 0 Å². The van der Waals surface area contributed by atoms with Crippen molar-refractivity contribution in [3.8, 4) is 11.3 Å². The van der Waals surface area contributed by atoms with Gasteiger partial charge in [-0.25, -0.2) is 9.97 Å². The van der Waals surface area contributed by atoms with Gasteiger partial charge in [0.05, 0.1) is 11.3 Å². The number of aryl methyl sites for hydroxylation is 1. The van der Waals surface area contributed by atoms with E-state index in [4.69, 9.17) is 0 Å². The van der Waals surface area contributed by atoms with Crippen molar-refractivity contribution >= 4 is 15.9 Å². The first-order chi connectivity index (χ1) is 9.84. The number of rotatable bonds is 2. The Bertz CT molecular complexity index is 694. The number of hydrogen-bond acceptors (Lipinski definition) is 2. The first kappa shape index (κ1) is 14.5. The van der Waals surface area contributed by atoms with Crippen LogP contribution in [0.15, 0.2) is 28.9 Å². The lowest BCUT2D eigenvalue weighted by Crippen LogP contribution is -2.05. The molecular weight excluding hydrogens is 345 g/mol. The first-order valence-electron chi connectivity index (χ1n) is 6.57. The summed E-state index contributed by atoms with van der Waals surface area (Å²) < 4.78 is 38.8. The van der Waals surface area contributed by atoms with Crippen LogP contribution in [-0.2, 0) is 6.18 Å². The third kappa shape index (κ3) is 3.10. The maximum atomic E-state index is 12.7. The Balaban J connectivity index is 2.04. The van der Waals surface area contributed by atoms with Gasteiger partial charge in [0.1, 0.15) is 10.4 Å². The average Bonchev–Trinajstić information content (AvgIpc) is 3.20. The molecule has 0 amide bonds. The molecule has 1 aliphatic rings. The molecular formula is C15H12BrF3N2. The number of aromatic nitrogens is 2. The number of hydrogen-bond donors (Lipinski definition) is 0. The Morgan fingerprint density at radius 2 is 1.86 bits per heavy atom. The predicted molar refractivity (Wildman–Crippen MR) is 76.9 cm³/mol. The molecule has 0 bridgehead atoms. The molecule has 2 nitrogen and oxygen atoms in total. The summed E-state index contributed by atoms with van der Waals surface area (Å²) >= 11 is 3.35. The van der Waals surface area contributed by atoms with Crippen LogP contribution >= 0.6 is 15.9 Å². The fraction of sp³-hybridized carbons (Fsp3) is 0.333. The smallest absolute Gasteiger partial charge is 0.233 e. The predicted octanol–water partition coefficient (Wildman–Crippen LogP) is 5.11. The molecule has 0 atom stereocenters. The van der Waals surface area contributed by atoms with Crippen LogP contribution in [0, 0.1) is 6.92 Å². The molecule has 1 aromatic carbocycles. The SMILES string of the molecule is Cc1cc(C(F)(F)F)ccc1-c1cc(Br)nc(C2CC2)n1. The van der Waals surface area contributed by atoms with Gasteiger partial charge >= 0.3 is 6.18 Å². The summed E-state index contributed by atoms with van der Waals surface area (Å²) in [5.74, 6) is 1.15. The van der Waals surface area contributed by atoms with Gasteiger partial charge in [-0.2, -0.15) is 13.2 Å². The van der Waals surface area contributed by atoms with E-state index in [-0.39, 0.29) is 0 Å². The van der Waals surface area contributed by atoms with E-state index in [1.54, 1.807) is 13.0 Å². The van der Waals surface area contributed by atoms with Gasteiger partial charge < -0.3 is 0 Å². The molecule has 0 aliphatic heterocycles. The highest BCUT2D eigenvalue weighted by Crippen LogP contribution is 2.39. The van der Waals surface area contributed by atoms with Gasteiger partial charge in [-0.3, -0.25) is 0 Å². The largest absolute Gasteiger partial charge is 0.416 e. The van der Waals surface area contributed by atoms with Crippen LogP contribution in [-0.4, -0.2) is 9.97 Å². The molecule has 21 heavy (non-hydrogen) atoms. The van der Waals surface area contributed by atoms with Crippen molar-refractivity contribution in [1.29, 1.82) is 0 Å². The summed E-state index contributed by atoms with van der Waals surface area (Å²) in [6.45, 7) is 1.66. The van der Waals surface area contributed by atoms with E-state index in [1.165, 1.54) is 6.07 Å². The molecule has 0 spiro atoms. The lowest BCUT2D eigenvalue weighted by atomic mass is 10.0. The van der Waals surface area contributed by atoms with Crippen molar-refractivity contribution in [3.63, 3.8) is 0 Å². The normalized spacial score (nSPS) is 15.3. The van der Waals surface area contributed by atoms with Crippen molar-refractivity contribution < 1.29 is 13.2 Å². The molecule has 6 heteroatoms. The molecule has 3 rings (SSSR count). The zero-order valence-corrected chi connectivity index (χ0v) is 12.8. The number of alkyl halides is 3. The number of halogens is 4. The Morgan fingerprint density at radius 3 is 2.43 bits per heavy atom. The lowest BCUT2D eigenvalue weighted by Gasteiger charge is -2.11. The summed E-state index contributed by atoms with van der Waals surface area (Å²) in [6.07, 6.45) is -2.18. The minimum absolute atomic E-state index is 0.385. The van der Waals surface area contributed by atoms with E-state index in [9.17, 15) is 13.2 Å². The zero-order chi connectivity index (χ0) is 15.2. The maximum Gasteiger partial charge on any atom is 0.416 e. The molecule has 1 saturated carbocycles. The first-order valence-corrected chi connectivity index (χ1v) is 7.36. The van der Waals surface area contributed by atoms with Crippen LogP contribution < -0.4 is 0 Å². The van der Waals surface area contributed by atoms with E-state index in [0.29, 0.717) is 27.3 Å². The Hall–Kier alpha value is -1.43. The van der Waals surface area contributed by atoms with E-state index in [1.807, 2.05) is 0 Å². The van der Waals surface area contributed by atoms with Crippen LogP contribution in [0.1, 0.15) is 35.7 Å². The van der Waals surface area contributed by atoms with Crippen LogP contribution in [0.2, 0.25) is 0 Å². The summed E-state index contributed by atoms with van der Waals surface area (Å²) in [7, 11) is 0. The molecule has 0 N–H and O–H groups in total. The minimum atomic E-state index is -4.32. The molecule has 1 aromatic heterocycles. The van der Waals surface area contributed by atoms with Crippen molar-refractivity contribution in [1.82, 2.24) is 9.97 Å².